The Kier molecular flexibility index (Phi) is 4.49. The van der Waals surface area contributed by atoms with Crippen LogP contribution in [0.15, 0.2) is 18.2 Å². The average molecular weight is 250 g/mol. The van der Waals surface area contributed by atoms with Gasteiger partial charge in [-0.25, -0.2) is 4.52 Å². The Labute approximate surface area is 106 Å². The molecule has 6 heteroatoms. The van der Waals surface area contributed by atoms with Crippen molar-refractivity contribution in [3.05, 3.63) is 23.9 Å². The highest BCUT2D eigenvalue weighted by atomic mass is 16.5. The van der Waals surface area contributed by atoms with Crippen molar-refractivity contribution in [3.63, 3.8) is 0 Å². The zero-order chi connectivity index (χ0) is 12.8. The van der Waals surface area contributed by atoms with E-state index in [-0.39, 0.29) is 0 Å². The van der Waals surface area contributed by atoms with Crippen LogP contribution in [0.2, 0.25) is 0 Å². The fraction of sp³-hybridized carbons (Fsp3) is 0.500. The van der Waals surface area contributed by atoms with Crippen LogP contribution in [-0.4, -0.2) is 48.1 Å². The molecule has 18 heavy (non-hydrogen) atoms. The Morgan fingerprint density at radius 1 is 1.28 bits per heavy atom. The maximum atomic E-state index is 5.34. The normalized spacial score (nSPS) is 11.0. The van der Waals surface area contributed by atoms with Crippen LogP contribution in [-0.2, 0) is 9.47 Å². The number of hydrogen-bond donors (Lipinski definition) is 1. The molecule has 0 unspecified atom stereocenters. The van der Waals surface area contributed by atoms with Crippen LogP contribution in [0.3, 0.4) is 0 Å². The van der Waals surface area contributed by atoms with Crippen molar-refractivity contribution in [2.24, 2.45) is 0 Å². The standard InChI is InChI=1S/C12H18N4O2/c1-10-4-3-5-11-14-12(15-16(10)11)13-6-7-18-9-8-17-2/h3-5H,6-9H2,1-2H3,(H,13,15). The molecule has 0 saturated heterocycles. The van der Waals surface area contributed by atoms with Gasteiger partial charge in [0.1, 0.15) is 0 Å². The van der Waals surface area contributed by atoms with Crippen molar-refractivity contribution in [1.29, 1.82) is 0 Å². The lowest BCUT2D eigenvalue weighted by molar-refractivity contribution is 0.0759. The molecule has 0 spiro atoms. The molecule has 98 valence electrons. The third-order valence-electron chi connectivity index (χ3n) is 2.51. The second-order valence-electron chi connectivity index (χ2n) is 3.90. The van der Waals surface area contributed by atoms with Gasteiger partial charge in [-0.3, -0.25) is 0 Å². The van der Waals surface area contributed by atoms with Gasteiger partial charge in [-0.15, -0.1) is 5.10 Å². The van der Waals surface area contributed by atoms with Crippen LogP contribution in [0, 0.1) is 6.92 Å². The van der Waals surface area contributed by atoms with Crippen molar-refractivity contribution < 1.29 is 9.47 Å². The number of nitrogens with zero attached hydrogens (tertiary/aromatic N) is 3. The quantitative estimate of drug-likeness (QED) is 0.746. The Balaban J connectivity index is 1.83. The largest absolute Gasteiger partial charge is 0.382 e. The van der Waals surface area contributed by atoms with Crippen molar-refractivity contribution in [3.8, 4) is 0 Å². The van der Waals surface area contributed by atoms with Crippen LogP contribution >= 0.6 is 0 Å². The molecular weight excluding hydrogens is 232 g/mol. The monoisotopic (exact) mass is 250 g/mol. The van der Waals surface area contributed by atoms with Crippen molar-refractivity contribution >= 4 is 11.6 Å². The molecule has 1 N–H and O–H groups in total. The first-order valence-corrected chi connectivity index (χ1v) is 5.94. The second kappa shape index (κ2) is 6.32. The predicted octanol–water partition coefficient (Wildman–Crippen LogP) is 1.11. The van der Waals surface area contributed by atoms with Crippen LogP contribution in [0.25, 0.3) is 5.65 Å². The van der Waals surface area contributed by atoms with E-state index in [0.717, 1.165) is 11.3 Å². The zero-order valence-corrected chi connectivity index (χ0v) is 10.7. The van der Waals surface area contributed by atoms with Gasteiger partial charge in [0.25, 0.3) is 0 Å². The Bertz CT molecular complexity index is 498. The Morgan fingerprint density at radius 2 is 2.17 bits per heavy atom. The minimum atomic E-state index is 0.607. The first kappa shape index (κ1) is 12.8. The fourth-order valence-corrected chi connectivity index (χ4v) is 1.59. The number of fused-ring (bicyclic) bond motifs is 1. The summed E-state index contributed by atoms with van der Waals surface area (Å²) in [6, 6.07) is 5.90. The number of aromatic nitrogens is 3. The number of anilines is 1. The first-order chi connectivity index (χ1) is 8.81. The highest BCUT2D eigenvalue weighted by Gasteiger charge is 2.03. The molecule has 0 atom stereocenters. The summed E-state index contributed by atoms with van der Waals surface area (Å²) in [5.74, 6) is 0.625. The highest BCUT2D eigenvalue weighted by Crippen LogP contribution is 2.07. The molecule has 2 heterocycles. The van der Waals surface area contributed by atoms with Crippen molar-refractivity contribution in [2.45, 2.75) is 6.92 Å². The van der Waals surface area contributed by atoms with Crippen LogP contribution < -0.4 is 5.32 Å². The van der Waals surface area contributed by atoms with E-state index in [9.17, 15) is 0 Å². The van der Waals surface area contributed by atoms with E-state index >= 15 is 0 Å². The molecule has 0 bridgehead atoms. The number of methoxy groups -OCH3 is 1. The Hall–Kier alpha value is -1.66. The molecule has 2 aromatic rings. The lowest BCUT2D eigenvalue weighted by atomic mass is 10.4. The highest BCUT2D eigenvalue weighted by molar-refractivity contribution is 5.44. The molecule has 0 aliphatic rings. The van der Waals surface area contributed by atoms with E-state index in [4.69, 9.17) is 9.47 Å². The summed E-state index contributed by atoms with van der Waals surface area (Å²) in [6.45, 7) is 4.51. The summed E-state index contributed by atoms with van der Waals surface area (Å²) < 4.78 is 12.0. The molecule has 0 saturated carbocycles. The molecule has 0 aromatic carbocycles. The summed E-state index contributed by atoms with van der Waals surface area (Å²) in [5.41, 5.74) is 1.90. The lowest BCUT2D eigenvalue weighted by Gasteiger charge is -2.03. The van der Waals surface area contributed by atoms with E-state index in [0.29, 0.717) is 32.3 Å². The van der Waals surface area contributed by atoms with Gasteiger partial charge in [-0.1, -0.05) is 6.07 Å². The van der Waals surface area contributed by atoms with E-state index < -0.39 is 0 Å². The summed E-state index contributed by atoms with van der Waals surface area (Å²) in [5, 5.41) is 7.49. The van der Waals surface area contributed by atoms with Crippen molar-refractivity contribution in [1.82, 2.24) is 14.6 Å². The number of ether oxygens (including phenoxy) is 2. The van der Waals surface area contributed by atoms with Gasteiger partial charge >= 0.3 is 0 Å². The lowest BCUT2D eigenvalue weighted by Crippen LogP contribution is -2.12. The fourth-order valence-electron chi connectivity index (χ4n) is 1.59. The summed E-state index contributed by atoms with van der Waals surface area (Å²) >= 11 is 0. The topological polar surface area (TPSA) is 60.7 Å². The molecule has 0 aliphatic heterocycles. The second-order valence-corrected chi connectivity index (χ2v) is 3.90. The van der Waals surface area contributed by atoms with Gasteiger partial charge in [-0.2, -0.15) is 4.98 Å². The van der Waals surface area contributed by atoms with E-state index in [1.165, 1.54) is 0 Å². The average Bonchev–Trinajstić information content (AvgIpc) is 2.78. The molecule has 6 nitrogen and oxygen atoms in total. The van der Waals surface area contributed by atoms with Gasteiger partial charge in [0.2, 0.25) is 5.95 Å². The minimum absolute atomic E-state index is 0.607. The molecule has 0 radical (unpaired) electrons. The predicted molar refractivity (Wildman–Crippen MR) is 68.9 cm³/mol. The molecule has 2 aromatic heterocycles. The molecule has 2 rings (SSSR count). The van der Waals surface area contributed by atoms with Crippen LogP contribution in [0.1, 0.15) is 5.69 Å². The van der Waals surface area contributed by atoms with Gasteiger partial charge < -0.3 is 14.8 Å². The van der Waals surface area contributed by atoms with Gasteiger partial charge in [-0.05, 0) is 19.1 Å². The molecule has 0 aliphatic carbocycles. The number of nitrogens with one attached hydrogen (secondary N) is 1. The number of hydrogen-bond acceptors (Lipinski definition) is 5. The summed E-state index contributed by atoms with van der Waals surface area (Å²) in [4.78, 5) is 4.37. The van der Waals surface area contributed by atoms with E-state index in [1.807, 2.05) is 29.6 Å². The minimum Gasteiger partial charge on any atom is -0.382 e. The van der Waals surface area contributed by atoms with Gasteiger partial charge in [0, 0.05) is 19.3 Å². The SMILES string of the molecule is COCCOCCNc1nc2cccc(C)n2n1. The third-order valence-corrected chi connectivity index (χ3v) is 2.51. The van der Waals surface area contributed by atoms with Crippen LogP contribution in [0.5, 0.6) is 0 Å². The van der Waals surface area contributed by atoms with Crippen LogP contribution in [0.4, 0.5) is 5.95 Å². The maximum Gasteiger partial charge on any atom is 0.243 e. The number of rotatable bonds is 7. The number of aryl methyl sites for hydroxylation is 1. The number of pyridine rings is 1. The van der Waals surface area contributed by atoms with Gasteiger partial charge in [0.05, 0.1) is 19.8 Å². The smallest absolute Gasteiger partial charge is 0.243 e. The molecular formula is C12H18N4O2. The van der Waals surface area contributed by atoms with E-state index in [2.05, 4.69) is 15.4 Å². The summed E-state index contributed by atoms with van der Waals surface area (Å²) in [7, 11) is 1.66. The maximum absolute atomic E-state index is 5.34. The van der Waals surface area contributed by atoms with Gasteiger partial charge in [0.15, 0.2) is 5.65 Å². The summed E-state index contributed by atoms with van der Waals surface area (Å²) in [6.07, 6.45) is 0. The Morgan fingerprint density at radius 3 is 2.94 bits per heavy atom. The molecule has 0 amide bonds. The first-order valence-electron chi connectivity index (χ1n) is 5.94. The zero-order valence-electron chi connectivity index (χ0n) is 10.7. The molecule has 0 fully saturated rings. The van der Waals surface area contributed by atoms with Crippen molar-refractivity contribution in [2.75, 3.05) is 38.8 Å². The third kappa shape index (κ3) is 3.18. The van der Waals surface area contributed by atoms with E-state index in [1.54, 1.807) is 7.11 Å².